The fourth-order valence-electron chi connectivity index (χ4n) is 5.37. The minimum absolute atomic E-state index is 0.200. The minimum atomic E-state index is -0.443. The quantitative estimate of drug-likeness (QED) is 0.277. The molecule has 0 bridgehead atoms. The molecule has 0 atom stereocenters. The van der Waals surface area contributed by atoms with E-state index in [0.29, 0.717) is 28.4 Å². The standard InChI is InChI=1S/C29H28N6O3S2/c1-17-13-14-23-31-25(30-19-9-7-8-10-19)21(26(36)33(23)16-17)15-22-27(37)34(29(39)40-22)24-18(2)32(3)35(28(24)38)20-11-5-4-6-12-20/h4-6,11-16,19,30H,7-10H2,1-3H3. The van der Waals surface area contributed by atoms with Gasteiger partial charge in [0.15, 0.2) is 4.32 Å². The van der Waals surface area contributed by atoms with Gasteiger partial charge >= 0.3 is 0 Å². The van der Waals surface area contributed by atoms with Gasteiger partial charge in [-0.3, -0.25) is 28.4 Å². The van der Waals surface area contributed by atoms with E-state index in [2.05, 4.69) is 5.32 Å². The Morgan fingerprint density at radius 3 is 2.48 bits per heavy atom. The van der Waals surface area contributed by atoms with E-state index in [1.165, 1.54) is 14.0 Å². The van der Waals surface area contributed by atoms with Gasteiger partial charge in [-0.2, -0.15) is 0 Å². The van der Waals surface area contributed by atoms with Gasteiger partial charge in [-0.25, -0.2) is 9.67 Å². The molecule has 2 fully saturated rings. The summed E-state index contributed by atoms with van der Waals surface area (Å²) in [6, 6.07) is 13.2. The number of thioether (sulfide) groups is 1. The summed E-state index contributed by atoms with van der Waals surface area (Å²) in [6.07, 6.45) is 7.54. The summed E-state index contributed by atoms with van der Waals surface area (Å²) in [4.78, 5) is 47.5. The SMILES string of the molecule is Cc1ccc2nc(NC3CCCC3)c(C=C3SC(=S)N(c4c(C)n(C)n(-c5ccccc5)c4=O)C3=O)c(=O)n2c1. The number of para-hydroxylation sites is 1. The predicted molar refractivity (Wildman–Crippen MR) is 163 cm³/mol. The maximum atomic E-state index is 13.8. The number of anilines is 2. The zero-order chi connectivity index (χ0) is 28.1. The van der Waals surface area contributed by atoms with Gasteiger partial charge in [-0.1, -0.05) is 61.1 Å². The lowest BCUT2D eigenvalue weighted by Crippen LogP contribution is -2.33. The van der Waals surface area contributed by atoms with Gasteiger partial charge in [0.1, 0.15) is 17.2 Å². The molecule has 6 rings (SSSR count). The van der Waals surface area contributed by atoms with Gasteiger partial charge in [0.05, 0.1) is 21.8 Å². The first kappa shape index (κ1) is 26.3. The largest absolute Gasteiger partial charge is 0.367 e. The second-order valence-corrected chi connectivity index (χ2v) is 11.8. The van der Waals surface area contributed by atoms with Crippen molar-refractivity contribution in [1.29, 1.82) is 0 Å². The number of nitrogens with zero attached hydrogens (tertiary/aromatic N) is 5. The van der Waals surface area contributed by atoms with Crippen LogP contribution in [0.1, 0.15) is 42.5 Å². The van der Waals surface area contributed by atoms with Crippen LogP contribution in [0.2, 0.25) is 0 Å². The Labute approximate surface area is 240 Å². The first-order valence-corrected chi connectivity index (χ1v) is 14.4. The van der Waals surface area contributed by atoms with Crippen LogP contribution in [0.5, 0.6) is 0 Å². The Morgan fingerprint density at radius 2 is 1.75 bits per heavy atom. The third-order valence-electron chi connectivity index (χ3n) is 7.52. The Hall–Kier alpha value is -3.96. The number of aromatic nitrogens is 4. The molecule has 0 unspecified atom stereocenters. The third-order valence-corrected chi connectivity index (χ3v) is 8.82. The molecule has 1 amide bonds. The molecule has 11 heteroatoms. The molecule has 1 saturated heterocycles. The highest BCUT2D eigenvalue weighted by atomic mass is 32.2. The summed E-state index contributed by atoms with van der Waals surface area (Å²) >= 11 is 6.69. The van der Waals surface area contributed by atoms with Crippen molar-refractivity contribution in [2.75, 3.05) is 10.2 Å². The maximum Gasteiger partial charge on any atom is 0.296 e. The van der Waals surface area contributed by atoms with Gasteiger partial charge in [0.25, 0.3) is 17.0 Å². The van der Waals surface area contributed by atoms with Gasteiger partial charge in [-0.05, 0) is 56.5 Å². The molecular weight excluding hydrogens is 544 g/mol. The normalized spacial score (nSPS) is 17.1. The zero-order valence-electron chi connectivity index (χ0n) is 22.4. The highest BCUT2D eigenvalue weighted by Gasteiger charge is 2.38. The highest BCUT2D eigenvalue weighted by Crippen LogP contribution is 2.37. The number of fused-ring (bicyclic) bond motifs is 1. The maximum absolute atomic E-state index is 13.8. The van der Waals surface area contributed by atoms with E-state index in [1.54, 1.807) is 30.9 Å². The first-order valence-electron chi connectivity index (χ1n) is 13.2. The van der Waals surface area contributed by atoms with Crippen molar-refractivity contribution in [2.45, 2.75) is 45.6 Å². The molecule has 40 heavy (non-hydrogen) atoms. The summed E-state index contributed by atoms with van der Waals surface area (Å²) in [6.45, 7) is 3.69. The van der Waals surface area contributed by atoms with Crippen LogP contribution in [-0.4, -0.2) is 35.0 Å². The monoisotopic (exact) mass is 572 g/mol. The van der Waals surface area contributed by atoms with E-state index in [9.17, 15) is 14.4 Å². The number of hydrogen-bond acceptors (Lipinski definition) is 7. The molecule has 2 aliphatic rings. The number of hydrogen-bond donors (Lipinski definition) is 1. The number of benzene rings is 1. The van der Waals surface area contributed by atoms with E-state index >= 15 is 0 Å². The molecule has 204 valence electrons. The van der Waals surface area contributed by atoms with Gasteiger partial charge in [0.2, 0.25) is 0 Å². The Bertz CT molecular complexity index is 1830. The van der Waals surface area contributed by atoms with Crippen molar-refractivity contribution < 1.29 is 4.79 Å². The predicted octanol–water partition coefficient (Wildman–Crippen LogP) is 4.56. The van der Waals surface area contributed by atoms with E-state index in [1.807, 2.05) is 49.4 Å². The number of thiocarbonyl (C=S) groups is 1. The molecule has 0 spiro atoms. The van der Waals surface area contributed by atoms with Gasteiger partial charge in [0, 0.05) is 19.3 Å². The summed E-state index contributed by atoms with van der Waals surface area (Å²) < 4.78 is 4.96. The minimum Gasteiger partial charge on any atom is -0.367 e. The smallest absolute Gasteiger partial charge is 0.296 e. The van der Waals surface area contributed by atoms with Crippen molar-refractivity contribution in [3.8, 4) is 5.69 Å². The lowest BCUT2D eigenvalue weighted by Gasteiger charge is -2.16. The molecule has 1 saturated carbocycles. The number of pyridine rings is 1. The van der Waals surface area contributed by atoms with Crippen LogP contribution in [0.25, 0.3) is 17.4 Å². The van der Waals surface area contributed by atoms with Gasteiger partial charge in [-0.15, -0.1) is 0 Å². The number of carbonyl (C=O) groups excluding carboxylic acids is 1. The first-order chi connectivity index (χ1) is 19.2. The second-order valence-electron chi connectivity index (χ2n) is 10.2. The molecule has 4 aromatic rings. The van der Waals surface area contributed by atoms with Crippen LogP contribution in [0.3, 0.4) is 0 Å². The summed E-state index contributed by atoms with van der Waals surface area (Å²) in [5.74, 6) is 0.00918. The average Bonchev–Trinajstić information content (AvgIpc) is 3.60. The second kappa shape index (κ2) is 10.2. The van der Waals surface area contributed by atoms with E-state index in [0.717, 1.165) is 43.0 Å². The number of nitrogens with one attached hydrogen (secondary N) is 1. The Morgan fingerprint density at radius 1 is 1.02 bits per heavy atom. The fourth-order valence-corrected chi connectivity index (χ4v) is 6.62. The van der Waals surface area contributed by atoms with Gasteiger partial charge < -0.3 is 5.32 Å². The summed E-state index contributed by atoms with van der Waals surface area (Å²) in [7, 11) is 1.77. The van der Waals surface area contributed by atoms with Crippen molar-refractivity contribution in [3.63, 3.8) is 0 Å². The van der Waals surface area contributed by atoms with Crippen LogP contribution in [0.4, 0.5) is 11.5 Å². The lowest BCUT2D eigenvalue weighted by atomic mass is 10.2. The molecule has 4 heterocycles. The van der Waals surface area contributed by atoms with Crippen LogP contribution < -0.4 is 21.3 Å². The molecule has 1 N–H and O–H groups in total. The molecule has 3 aromatic heterocycles. The highest BCUT2D eigenvalue weighted by molar-refractivity contribution is 8.27. The van der Waals surface area contributed by atoms with Crippen molar-refractivity contribution >= 4 is 57.4 Å². The molecule has 1 aliphatic carbocycles. The van der Waals surface area contributed by atoms with Crippen molar-refractivity contribution in [3.05, 3.63) is 91.1 Å². The Kier molecular flexibility index (Phi) is 6.71. The molecule has 0 radical (unpaired) electrons. The Balaban J connectivity index is 1.45. The lowest BCUT2D eigenvalue weighted by molar-refractivity contribution is -0.113. The number of carbonyl (C=O) groups is 1. The molecule has 9 nitrogen and oxygen atoms in total. The number of amides is 1. The van der Waals surface area contributed by atoms with Crippen molar-refractivity contribution in [1.82, 2.24) is 18.7 Å². The van der Waals surface area contributed by atoms with Crippen LogP contribution >= 0.6 is 24.0 Å². The van der Waals surface area contributed by atoms with E-state index < -0.39 is 5.91 Å². The number of aryl methyl sites for hydroxylation is 1. The van der Waals surface area contributed by atoms with Crippen LogP contribution in [0, 0.1) is 13.8 Å². The van der Waals surface area contributed by atoms with E-state index in [4.69, 9.17) is 17.2 Å². The van der Waals surface area contributed by atoms with E-state index in [-0.39, 0.29) is 32.1 Å². The average molecular weight is 573 g/mol. The topological polar surface area (TPSA) is 93.6 Å². The summed E-state index contributed by atoms with van der Waals surface area (Å²) in [5.41, 5.74) is 2.59. The van der Waals surface area contributed by atoms with Crippen LogP contribution in [0.15, 0.2) is 63.2 Å². The summed E-state index contributed by atoms with van der Waals surface area (Å²) in [5, 5.41) is 3.45. The zero-order valence-corrected chi connectivity index (χ0v) is 24.0. The fraction of sp³-hybridized carbons (Fsp3) is 0.276. The third kappa shape index (κ3) is 4.39. The van der Waals surface area contributed by atoms with Crippen molar-refractivity contribution in [2.24, 2.45) is 7.05 Å². The molecule has 1 aromatic carbocycles. The molecular formula is C29H28N6O3S2. The number of rotatable bonds is 5. The molecule has 1 aliphatic heterocycles. The van der Waals surface area contributed by atoms with Crippen LogP contribution in [-0.2, 0) is 11.8 Å².